The lowest BCUT2D eigenvalue weighted by Crippen LogP contribution is -2.46. The van der Waals surface area contributed by atoms with Crippen LogP contribution in [0.15, 0.2) is 10.9 Å². The average Bonchev–Trinajstić information content (AvgIpc) is 2.81. The first kappa shape index (κ1) is 14.4. The fraction of sp³-hybridized carbons (Fsp3) is 0.545. The van der Waals surface area contributed by atoms with E-state index in [0.717, 1.165) is 5.69 Å². The molecule has 1 heterocycles. The minimum atomic E-state index is -1.01. The van der Waals surface area contributed by atoms with Gasteiger partial charge in [0.1, 0.15) is 6.04 Å². The van der Waals surface area contributed by atoms with Crippen LogP contribution < -0.4 is 10.6 Å². The van der Waals surface area contributed by atoms with Crippen molar-refractivity contribution in [1.82, 2.24) is 15.6 Å². The van der Waals surface area contributed by atoms with Crippen molar-refractivity contribution in [2.24, 2.45) is 0 Å². The van der Waals surface area contributed by atoms with Gasteiger partial charge in [-0.05, 0) is 6.42 Å². The van der Waals surface area contributed by atoms with Crippen LogP contribution in [0.1, 0.15) is 25.5 Å². The van der Waals surface area contributed by atoms with Crippen LogP contribution in [0.25, 0.3) is 0 Å². The molecule has 0 saturated carbocycles. The molecule has 7 heteroatoms. The minimum absolute atomic E-state index is 0.425. The van der Waals surface area contributed by atoms with Gasteiger partial charge in [-0.2, -0.15) is 0 Å². The maximum Gasteiger partial charge on any atom is 0.326 e. The number of carboxylic acid groups (broad SMARTS) is 1. The Kier molecular flexibility index (Phi) is 6.13. The van der Waals surface area contributed by atoms with Crippen LogP contribution in [0.3, 0.4) is 0 Å². The zero-order valence-corrected chi connectivity index (χ0v) is 11.0. The van der Waals surface area contributed by atoms with Gasteiger partial charge in [0.2, 0.25) is 0 Å². The Morgan fingerprint density at radius 1 is 1.56 bits per heavy atom. The Hall–Kier alpha value is -1.63. The molecule has 0 aliphatic carbocycles. The molecule has 3 N–H and O–H groups in total. The van der Waals surface area contributed by atoms with Gasteiger partial charge in [0.15, 0.2) is 0 Å². The quantitative estimate of drug-likeness (QED) is 0.695. The van der Waals surface area contributed by atoms with Crippen LogP contribution in [0.4, 0.5) is 4.79 Å². The molecule has 0 bridgehead atoms. The number of carbonyl (C=O) groups is 2. The van der Waals surface area contributed by atoms with Gasteiger partial charge in [0, 0.05) is 18.3 Å². The second-order valence-electron chi connectivity index (χ2n) is 3.81. The first-order chi connectivity index (χ1) is 8.63. The van der Waals surface area contributed by atoms with E-state index in [0.29, 0.717) is 25.8 Å². The highest BCUT2D eigenvalue weighted by molar-refractivity contribution is 7.07. The Balaban J connectivity index is 2.25. The van der Waals surface area contributed by atoms with Gasteiger partial charge in [-0.25, -0.2) is 14.6 Å². The lowest BCUT2D eigenvalue weighted by Gasteiger charge is -2.13. The lowest BCUT2D eigenvalue weighted by atomic mass is 10.2. The van der Waals surface area contributed by atoms with Gasteiger partial charge in [-0.1, -0.05) is 13.3 Å². The van der Waals surface area contributed by atoms with E-state index in [4.69, 9.17) is 5.11 Å². The number of carboxylic acids is 1. The summed E-state index contributed by atoms with van der Waals surface area (Å²) in [5.41, 5.74) is 2.65. The summed E-state index contributed by atoms with van der Waals surface area (Å²) in [5, 5.41) is 15.8. The molecule has 100 valence electrons. The standard InChI is InChI=1S/C11H17N3O3S/c1-2-3-9(10(15)16)14-11(17)12-5-4-8-6-18-7-13-8/h6-7,9H,2-5H2,1H3,(H,15,16)(H2,12,14,17)/t9-/m0/s1. The smallest absolute Gasteiger partial charge is 0.326 e. The van der Waals surface area contributed by atoms with E-state index in [9.17, 15) is 9.59 Å². The molecule has 0 fully saturated rings. The molecule has 2 amide bonds. The molecule has 1 rings (SSSR count). The Labute approximate surface area is 109 Å². The number of aromatic nitrogens is 1. The van der Waals surface area contributed by atoms with Crippen molar-refractivity contribution in [1.29, 1.82) is 0 Å². The maximum absolute atomic E-state index is 11.5. The SMILES string of the molecule is CCC[C@H](NC(=O)NCCc1cscn1)C(=O)O. The fourth-order valence-corrected chi connectivity index (χ4v) is 2.01. The topological polar surface area (TPSA) is 91.3 Å². The molecule has 0 aliphatic rings. The second-order valence-corrected chi connectivity index (χ2v) is 4.53. The summed E-state index contributed by atoms with van der Waals surface area (Å²) in [6.07, 6.45) is 1.77. The van der Waals surface area contributed by atoms with E-state index in [-0.39, 0.29) is 0 Å². The molecule has 0 aromatic carbocycles. The minimum Gasteiger partial charge on any atom is -0.480 e. The van der Waals surface area contributed by atoms with Gasteiger partial charge in [-0.15, -0.1) is 11.3 Å². The summed E-state index contributed by atoms with van der Waals surface area (Å²) in [7, 11) is 0. The molecule has 0 spiro atoms. The number of rotatable bonds is 7. The van der Waals surface area contributed by atoms with Crippen molar-refractivity contribution in [2.45, 2.75) is 32.2 Å². The highest BCUT2D eigenvalue weighted by Gasteiger charge is 2.18. The van der Waals surface area contributed by atoms with Gasteiger partial charge in [0.25, 0.3) is 0 Å². The first-order valence-electron chi connectivity index (χ1n) is 5.77. The summed E-state index contributed by atoms with van der Waals surface area (Å²) in [4.78, 5) is 26.4. The molecule has 1 aromatic rings. The first-order valence-corrected chi connectivity index (χ1v) is 6.72. The highest BCUT2D eigenvalue weighted by atomic mass is 32.1. The number of nitrogens with one attached hydrogen (secondary N) is 2. The number of carbonyl (C=O) groups excluding carboxylic acids is 1. The summed E-state index contributed by atoms with van der Waals surface area (Å²) in [5.74, 6) is -1.01. The largest absolute Gasteiger partial charge is 0.480 e. The normalized spacial score (nSPS) is 11.8. The molecule has 6 nitrogen and oxygen atoms in total. The molecule has 1 atom stereocenters. The number of amides is 2. The van der Waals surface area contributed by atoms with E-state index in [1.54, 1.807) is 5.51 Å². The predicted octanol–water partition coefficient (Wildman–Crippen LogP) is 1.24. The van der Waals surface area contributed by atoms with Gasteiger partial charge in [-0.3, -0.25) is 0 Å². The summed E-state index contributed by atoms with van der Waals surface area (Å²) in [6, 6.07) is -1.28. The molecular weight excluding hydrogens is 254 g/mol. The third-order valence-electron chi connectivity index (χ3n) is 2.33. The number of nitrogens with zero attached hydrogens (tertiary/aromatic N) is 1. The molecule has 0 saturated heterocycles. The van der Waals surface area contributed by atoms with Crippen molar-refractivity contribution >= 4 is 23.3 Å². The third-order valence-corrected chi connectivity index (χ3v) is 2.97. The van der Waals surface area contributed by atoms with Crippen molar-refractivity contribution in [3.63, 3.8) is 0 Å². The van der Waals surface area contributed by atoms with Gasteiger partial charge < -0.3 is 15.7 Å². The fourth-order valence-electron chi connectivity index (χ4n) is 1.42. The number of urea groups is 1. The maximum atomic E-state index is 11.5. The molecule has 1 aromatic heterocycles. The molecule has 0 unspecified atom stereocenters. The van der Waals surface area contributed by atoms with Gasteiger partial charge >= 0.3 is 12.0 Å². The van der Waals surface area contributed by atoms with E-state index in [1.165, 1.54) is 11.3 Å². The van der Waals surface area contributed by atoms with Crippen molar-refractivity contribution in [3.8, 4) is 0 Å². The molecule has 18 heavy (non-hydrogen) atoms. The van der Waals surface area contributed by atoms with Crippen LogP contribution in [-0.2, 0) is 11.2 Å². The van der Waals surface area contributed by atoms with Crippen molar-refractivity contribution in [2.75, 3.05) is 6.54 Å². The summed E-state index contributed by atoms with van der Waals surface area (Å²) >= 11 is 1.50. The predicted molar refractivity (Wildman–Crippen MR) is 68.7 cm³/mol. The average molecular weight is 271 g/mol. The van der Waals surface area contributed by atoms with E-state index in [1.807, 2.05) is 12.3 Å². The summed E-state index contributed by atoms with van der Waals surface area (Å²) < 4.78 is 0. The molecular formula is C11H17N3O3S. The zero-order chi connectivity index (χ0) is 13.4. The van der Waals surface area contributed by atoms with Crippen LogP contribution in [0.5, 0.6) is 0 Å². The number of hydrogen-bond acceptors (Lipinski definition) is 4. The van der Waals surface area contributed by atoms with Gasteiger partial charge in [0.05, 0.1) is 11.2 Å². The number of thiazole rings is 1. The number of hydrogen-bond donors (Lipinski definition) is 3. The van der Waals surface area contributed by atoms with E-state index < -0.39 is 18.0 Å². The lowest BCUT2D eigenvalue weighted by molar-refractivity contribution is -0.139. The zero-order valence-electron chi connectivity index (χ0n) is 10.2. The highest BCUT2D eigenvalue weighted by Crippen LogP contribution is 2.00. The third kappa shape index (κ3) is 5.13. The van der Waals surface area contributed by atoms with Crippen molar-refractivity contribution in [3.05, 3.63) is 16.6 Å². The van der Waals surface area contributed by atoms with E-state index in [2.05, 4.69) is 15.6 Å². The second kappa shape index (κ2) is 7.65. The molecule has 0 aliphatic heterocycles. The summed E-state index contributed by atoms with van der Waals surface area (Å²) in [6.45, 7) is 2.31. The Morgan fingerprint density at radius 2 is 2.33 bits per heavy atom. The van der Waals surface area contributed by atoms with Crippen LogP contribution in [-0.4, -0.2) is 34.7 Å². The Morgan fingerprint density at radius 3 is 2.89 bits per heavy atom. The van der Waals surface area contributed by atoms with Crippen LogP contribution in [0, 0.1) is 0 Å². The van der Waals surface area contributed by atoms with Crippen LogP contribution in [0.2, 0.25) is 0 Å². The molecule has 0 radical (unpaired) electrons. The Bertz CT molecular complexity index is 381. The van der Waals surface area contributed by atoms with Crippen molar-refractivity contribution < 1.29 is 14.7 Å². The monoisotopic (exact) mass is 271 g/mol. The van der Waals surface area contributed by atoms with Crippen LogP contribution >= 0.6 is 11.3 Å². The number of aliphatic carboxylic acids is 1. The van der Waals surface area contributed by atoms with E-state index >= 15 is 0 Å².